The van der Waals surface area contributed by atoms with Crippen LogP contribution in [0.4, 0.5) is 5.69 Å². The van der Waals surface area contributed by atoms with Crippen molar-refractivity contribution in [3.8, 4) is 0 Å². The van der Waals surface area contributed by atoms with E-state index in [0.29, 0.717) is 24.1 Å². The summed E-state index contributed by atoms with van der Waals surface area (Å²) in [6, 6.07) is 8.22. The van der Waals surface area contributed by atoms with Gasteiger partial charge in [0.15, 0.2) is 0 Å². The maximum Gasteiger partial charge on any atom is 0.352 e. The number of nitro benzene ring substituents is 1. The minimum atomic E-state index is -0.991. The van der Waals surface area contributed by atoms with Crippen molar-refractivity contribution in [1.82, 2.24) is 4.57 Å². The van der Waals surface area contributed by atoms with Gasteiger partial charge in [0.05, 0.1) is 4.92 Å². The maximum atomic E-state index is 11.2. The molecule has 0 saturated carbocycles. The zero-order valence-corrected chi connectivity index (χ0v) is 10.9. The molecule has 1 aromatic heterocycles. The highest BCUT2D eigenvalue weighted by molar-refractivity contribution is 5.87. The van der Waals surface area contributed by atoms with Crippen molar-refractivity contribution in [2.75, 3.05) is 0 Å². The average molecular weight is 274 g/mol. The Bertz CT molecular complexity index is 661. The van der Waals surface area contributed by atoms with E-state index in [0.717, 1.165) is 0 Å². The van der Waals surface area contributed by atoms with Crippen LogP contribution < -0.4 is 0 Å². The SMILES string of the molecule is Cc1ccn(CCc2ccccc2[N+](=O)[O-])c1C(=O)O. The summed E-state index contributed by atoms with van der Waals surface area (Å²) in [5.41, 5.74) is 1.57. The van der Waals surface area contributed by atoms with Crippen LogP contribution in [0.5, 0.6) is 0 Å². The molecule has 0 aliphatic rings. The Morgan fingerprint density at radius 3 is 2.70 bits per heavy atom. The zero-order chi connectivity index (χ0) is 14.7. The third-order valence-corrected chi connectivity index (χ3v) is 3.18. The van der Waals surface area contributed by atoms with Crippen LogP contribution in [0.1, 0.15) is 21.6 Å². The molecule has 1 heterocycles. The van der Waals surface area contributed by atoms with Gasteiger partial charge in [-0.15, -0.1) is 0 Å². The monoisotopic (exact) mass is 274 g/mol. The molecule has 0 unspecified atom stereocenters. The molecule has 0 radical (unpaired) electrons. The highest BCUT2D eigenvalue weighted by Crippen LogP contribution is 2.19. The number of nitro groups is 1. The fraction of sp³-hybridized carbons (Fsp3) is 0.214. The first kappa shape index (κ1) is 13.8. The van der Waals surface area contributed by atoms with Crippen LogP contribution in [0.3, 0.4) is 0 Å². The molecule has 104 valence electrons. The molecule has 0 spiro atoms. The van der Waals surface area contributed by atoms with Gasteiger partial charge in [-0.25, -0.2) is 4.79 Å². The lowest BCUT2D eigenvalue weighted by Crippen LogP contribution is -2.11. The molecular formula is C14H14N2O4. The van der Waals surface area contributed by atoms with Gasteiger partial charge in [0.2, 0.25) is 0 Å². The molecule has 1 aromatic carbocycles. The summed E-state index contributed by atoms with van der Waals surface area (Å²) >= 11 is 0. The maximum absolute atomic E-state index is 11.2. The molecule has 6 nitrogen and oxygen atoms in total. The Labute approximate surface area is 115 Å². The number of hydrogen-bond donors (Lipinski definition) is 1. The lowest BCUT2D eigenvalue weighted by atomic mass is 10.1. The van der Waals surface area contributed by atoms with Crippen LogP contribution in [-0.2, 0) is 13.0 Å². The van der Waals surface area contributed by atoms with Crippen molar-refractivity contribution in [1.29, 1.82) is 0 Å². The molecule has 2 aromatic rings. The Morgan fingerprint density at radius 1 is 1.35 bits per heavy atom. The predicted octanol–water partition coefficient (Wildman–Crippen LogP) is 2.65. The van der Waals surface area contributed by atoms with Gasteiger partial charge in [0.25, 0.3) is 5.69 Å². The molecule has 0 aliphatic carbocycles. The summed E-state index contributed by atoms with van der Waals surface area (Å²) in [6.45, 7) is 2.12. The standard InChI is InChI=1S/C14H14N2O4/c1-10-6-8-15(13(10)14(17)18)9-7-11-4-2-3-5-12(11)16(19)20/h2-6,8H,7,9H2,1H3,(H,17,18). The van der Waals surface area contributed by atoms with Crippen LogP contribution in [0.15, 0.2) is 36.5 Å². The van der Waals surface area contributed by atoms with Crippen LogP contribution >= 0.6 is 0 Å². The third-order valence-electron chi connectivity index (χ3n) is 3.18. The van der Waals surface area contributed by atoms with Crippen molar-refractivity contribution in [3.05, 3.63) is 63.5 Å². The number of aryl methyl sites for hydroxylation is 3. The van der Waals surface area contributed by atoms with E-state index in [1.165, 1.54) is 6.07 Å². The molecule has 2 rings (SSSR count). The van der Waals surface area contributed by atoms with Gasteiger partial charge >= 0.3 is 5.97 Å². The quantitative estimate of drug-likeness (QED) is 0.670. The number of benzene rings is 1. The van der Waals surface area contributed by atoms with Crippen molar-refractivity contribution >= 4 is 11.7 Å². The van der Waals surface area contributed by atoms with Crippen LogP contribution in [-0.4, -0.2) is 20.6 Å². The summed E-state index contributed by atoms with van der Waals surface area (Å²) in [5, 5.41) is 20.1. The number of carboxylic acids is 1. The second-order valence-corrected chi connectivity index (χ2v) is 4.48. The molecule has 0 amide bonds. The number of aromatic nitrogens is 1. The van der Waals surface area contributed by atoms with Gasteiger partial charge in [-0.3, -0.25) is 10.1 Å². The van der Waals surface area contributed by atoms with Crippen molar-refractivity contribution in [3.63, 3.8) is 0 Å². The van der Waals surface area contributed by atoms with Crippen molar-refractivity contribution < 1.29 is 14.8 Å². The van der Waals surface area contributed by atoms with E-state index in [-0.39, 0.29) is 11.4 Å². The average Bonchev–Trinajstić information content (AvgIpc) is 2.77. The molecule has 0 bridgehead atoms. The van der Waals surface area contributed by atoms with E-state index in [4.69, 9.17) is 5.11 Å². The lowest BCUT2D eigenvalue weighted by molar-refractivity contribution is -0.385. The van der Waals surface area contributed by atoms with E-state index in [1.807, 2.05) is 0 Å². The topological polar surface area (TPSA) is 85.4 Å². The Balaban J connectivity index is 2.22. The number of aromatic carboxylic acids is 1. The number of rotatable bonds is 5. The molecule has 6 heteroatoms. The van der Waals surface area contributed by atoms with Gasteiger partial charge in [-0.1, -0.05) is 18.2 Å². The summed E-state index contributed by atoms with van der Waals surface area (Å²) in [4.78, 5) is 21.7. The molecule has 0 aliphatic heterocycles. The van der Waals surface area contributed by atoms with Crippen LogP contribution in [0.2, 0.25) is 0 Å². The number of carbonyl (C=O) groups is 1. The van der Waals surface area contributed by atoms with E-state index in [1.54, 1.807) is 42.0 Å². The van der Waals surface area contributed by atoms with Crippen LogP contribution in [0, 0.1) is 17.0 Å². The fourth-order valence-electron chi connectivity index (χ4n) is 2.20. The van der Waals surface area contributed by atoms with Gasteiger partial charge < -0.3 is 9.67 Å². The fourth-order valence-corrected chi connectivity index (χ4v) is 2.20. The zero-order valence-electron chi connectivity index (χ0n) is 10.9. The van der Waals surface area contributed by atoms with E-state index in [2.05, 4.69) is 0 Å². The minimum Gasteiger partial charge on any atom is -0.477 e. The van der Waals surface area contributed by atoms with Gasteiger partial charge in [0.1, 0.15) is 5.69 Å². The summed E-state index contributed by atoms with van der Waals surface area (Å²) in [7, 11) is 0. The predicted molar refractivity (Wildman–Crippen MR) is 72.9 cm³/mol. The minimum absolute atomic E-state index is 0.0632. The second-order valence-electron chi connectivity index (χ2n) is 4.48. The number of nitrogens with zero attached hydrogens (tertiary/aromatic N) is 2. The van der Waals surface area contributed by atoms with E-state index < -0.39 is 10.9 Å². The smallest absolute Gasteiger partial charge is 0.352 e. The molecule has 20 heavy (non-hydrogen) atoms. The highest BCUT2D eigenvalue weighted by atomic mass is 16.6. The van der Waals surface area contributed by atoms with Gasteiger partial charge in [0, 0.05) is 24.4 Å². The lowest BCUT2D eigenvalue weighted by Gasteiger charge is -2.07. The summed E-state index contributed by atoms with van der Waals surface area (Å²) < 4.78 is 1.61. The van der Waals surface area contributed by atoms with E-state index >= 15 is 0 Å². The number of carboxylic acid groups (broad SMARTS) is 1. The van der Waals surface area contributed by atoms with E-state index in [9.17, 15) is 14.9 Å². The molecule has 0 fully saturated rings. The molecular weight excluding hydrogens is 260 g/mol. The normalized spacial score (nSPS) is 10.4. The second kappa shape index (κ2) is 5.56. The highest BCUT2D eigenvalue weighted by Gasteiger charge is 2.15. The first-order chi connectivity index (χ1) is 9.50. The Morgan fingerprint density at radius 2 is 2.05 bits per heavy atom. The Hall–Kier alpha value is -2.63. The van der Waals surface area contributed by atoms with Crippen LogP contribution in [0.25, 0.3) is 0 Å². The largest absolute Gasteiger partial charge is 0.477 e. The first-order valence-electron chi connectivity index (χ1n) is 6.12. The number of para-hydroxylation sites is 1. The molecule has 0 atom stereocenters. The third kappa shape index (κ3) is 2.69. The molecule has 1 N–H and O–H groups in total. The summed E-state index contributed by atoms with van der Waals surface area (Å²) in [6.07, 6.45) is 2.10. The van der Waals surface area contributed by atoms with Gasteiger partial charge in [-0.05, 0) is 25.0 Å². The van der Waals surface area contributed by atoms with Crippen molar-refractivity contribution in [2.45, 2.75) is 19.9 Å². The number of hydrogen-bond acceptors (Lipinski definition) is 3. The Kier molecular flexibility index (Phi) is 3.84. The molecule has 0 saturated heterocycles. The summed E-state index contributed by atoms with van der Waals surface area (Å²) in [5.74, 6) is -0.991. The van der Waals surface area contributed by atoms with Gasteiger partial charge in [-0.2, -0.15) is 0 Å². The van der Waals surface area contributed by atoms with Crippen molar-refractivity contribution in [2.24, 2.45) is 0 Å². The first-order valence-corrected chi connectivity index (χ1v) is 6.12.